The highest BCUT2D eigenvalue weighted by Crippen LogP contribution is 1.93. The van der Waals surface area contributed by atoms with Gasteiger partial charge >= 0.3 is 0 Å². The van der Waals surface area contributed by atoms with Crippen LogP contribution in [0, 0.1) is 0 Å². The number of carbonyl (C=O) groups is 1. The molecule has 48 valence electrons. The lowest BCUT2D eigenvalue weighted by Crippen LogP contribution is -2.17. The zero-order valence-electron chi connectivity index (χ0n) is 5.24. The van der Waals surface area contributed by atoms with Crippen molar-refractivity contribution in [2.75, 3.05) is 7.05 Å². The Morgan fingerprint density at radius 2 is 2.56 bits per heavy atom. The van der Waals surface area contributed by atoms with Crippen LogP contribution in [0.4, 0.5) is 0 Å². The molecule has 0 bridgehead atoms. The summed E-state index contributed by atoms with van der Waals surface area (Å²) < 4.78 is 0. The second-order valence-electron chi connectivity index (χ2n) is 1.80. The Kier molecular flexibility index (Phi) is 1.63. The van der Waals surface area contributed by atoms with Crippen molar-refractivity contribution in [2.24, 2.45) is 5.10 Å². The first kappa shape index (κ1) is 6.01. The molecule has 3 nitrogen and oxygen atoms in total. The molecule has 1 heterocycles. The first-order chi connectivity index (χ1) is 4.30. The molecular weight excluding hydrogens is 116 g/mol. The highest BCUT2D eigenvalue weighted by molar-refractivity contribution is 5.89. The maximum atomic E-state index is 10.7. The minimum Gasteiger partial charge on any atom is -0.268 e. The van der Waals surface area contributed by atoms with Gasteiger partial charge in [0.2, 0.25) is 0 Å². The van der Waals surface area contributed by atoms with Gasteiger partial charge in [-0.15, -0.1) is 0 Å². The van der Waals surface area contributed by atoms with Gasteiger partial charge in [-0.25, -0.2) is 5.01 Å². The summed E-state index contributed by atoms with van der Waals surface area (Å²) in [5.74, 6) is -0.0660. The van der Waals surface area contributed by atoms with Crippen LogP contribution in [0.5, 0.6) is 0 Å². The first-order valence-corrected chi connectivity index (χ1v) is 2.77. The second-order valence-corrected chi connectivity index (χ2v) is 1.80. The van der Waals surface area contributed by atoms with Crippen LogP contribution in [0.1, 0.15) is 6.42 Å². The van der Waals surface area contributed by atoms with Gasteiger partial charge in [0.05, 0.1) is 0 Å². The predicted molar refractivity (Wildman–Crippen MR) is 35.0 cm³/mol. The third-order valence-corrected chi connectivity index (χ3v) is 1.08. The average molecular weight is 124 g/mol. The summed E-state index contributed by atoms with van der Waals surface area (Å²) >= 11 is 0. The van der Waals surface area contributed by atoms with Crippen LogP contribution in [0.15, 0.2) is 17.3 Å². The SMILES string of the molecule is CN1N=CCC=CC1=O. The lowest BCUT2D eigenvalue weighted by atomic mass is 10.4. The van der Waals surface area contributed by atoms with Crippen LogP contribution < -0.4 is 0 Å². The van der Waals surface area contributed by atoms with Gasteiger partial charge in [-0.2, -0.15) is 5.10 Å². The molecular formula is C6H8N2O. The second kappa shape index (κ2) is 2.44. The number of amides is 1. The van der Waals surface area contributed by atoms with E-state index < -0.39 is 0 Å². The summed E-state index contributed by atoms with van der Waals surface area (Å²) in [5, 5.41) is 5.11. The summed E-state index contributed by atoms with van der Waals surface area (Å²) in [4.78, 5) is 10.7. The van der Waals surface area contributed by atoms with E-state index in [2.05, 4.69) is 5.10 Å². The summed E-state index contributed by atoms with van der Waals surface area (Å²) in [5.41, 5.74) is 0. The zero-order chi connectivity index (χ0) is 6.69. The van der Waals surface area contributed by atoms with Crippen molar-refractivity contribution in [1.82, 2.24) is 5.01 Å². The van der Waals surface area contributed by atoms with Gasteiger partial charge in [-0.1, -0.05) is 6.08 Å². The van der Waals surface area contributed by atoms with Crippen LogP contribution in [0.25, 0.3) is 0 Å². The fourth-order valence-electron chi connectivity index (χ4n) is 0.564. The van der Waals surface area contributed by atoms with Gasteiger partial charge in [0.15, 0.2) is 0 Å². The molecule has 0 fully saturated rings. The van der Waals surface area contributed by atoms with E-state index in [1.165, 1.54) is 11.1 Å². The lowest BCUT2D eigenvalue weighted by Gasteiger charge is -2.03. The Morgan fingerprint density at radius 1 is 1.78 bits per heavy atom. The lowest BCUT2D eigenvalue weighted by molar-refractivity contribution is -0.124. The summed E-state index contributed by atoms with van der Waals surface area (Å²) in [7, 11) is 1.63. The van der Waals surface area contributed by atoms with E-state index in [0.717, 1.165) is 6.42 Å². The third-order valence-electron chi connectivity index (χ3n) is 1.08. The minimum atomic E-state index is -0.0660. The smallest absolute Gasteiger partial charge is 0.266 e. The fourth-order valence-corrected chi connectivity index (χ4v) is 0.564. The van der Waals surface area contributed by atoms with Crippen molar-refractivity contribution < 1.29 is 4.79 Å². The standard InChI is InChI=1S/C6H8N2O/c1-8-6(9)4-2-3-5-7-8/h2,4-5H,3H2,1H3. The number of hydrogen-bond acceptors (Lipinski definition) is 2. The molecule has 1 aliphatic heterocycles. The number of carbonyl (C=O) groups excluding carboxylic acids is 1. The fraction of sp³-hybridized carbons (Fsp3) is 0.333. The largest absolute Gasteiger partial charge is 0.268 e. The minimum absolute atomic E-state index is 0.0660. The number of nitrogens with zero attached hydrogens (tertiary/aromatic N) is 2. The van der Waals surface area contributed by atoms with Gasteiger partial charge in [0.25, 0.3) is 5.91 Å². The Morgan fingerprint density at radius 3 is 3.33 bits per heavy atom. The van der Waals surface area contributed by atoms with Gasteiger partial charge in [0.1, 0.15) is 0 Å². The number of allylic oxidation sites excluding steroid dienone is 1. The molecule has 1 rings (SSSR count). The molecule has 3 heteroatoms. The number of hydrazone groups is 1. The maximum Gasteiger partial charge on any atom is 0.266 e. The van der Waals surface area contributed by atoms with Crippen molar-refractivity contribution in [3.05, 3.63) is 12.2 Å². The highest BCUT2D eigenvalue weighted by atomic mass is 16.2. The monoisotopic (exact) mass is 124 g/mol. The van der Waals surface area contributed by atoms with E-state index in [1.54, 1.807) is 19.3 Å². The molecule has 0 atom stereocenters. The van der Waals surface area contributed by atoms with Crippen LogP contribution in [-0.2, 0) is 4.79 Å². The first-order valence-electron chi connectivity index (χ1n) is 2.77. The Labute approximate surface area is 53.7 Å². The molecule has 1 aliphatic rings. The van der Waals surface area contributed by atoms with E-state index in [-0.39, 0.29) is 5.91 Å². The van der Waals surface area contributed by atoms with E-state index in [1.807, 2.05) is 0 Å². The zero-order valence-corrected chi connectivity index (χ0v) is 5.24. The van der Waals surface area contributed by atoms with Crippen LogP contribution in [-0.4, -0.2) is 24.2 Å². The maximum absolute atomic E-state index is 10.7. The molecule has 0 radical (unpaired) electrons. The number of hydrogen-bond donors (Lipinski definition) is 0. The number of likely N-dealkylation sites (N-methyl/N-ethyl adjacent to an activating group) is 1. The highest BCUT2D eigenvalue weighted by Gasteiger charge is 2.01. The Bertz CT molecular complexity index is 172. The molecule has 0 aliphatic carbocycles. The molecule has 0 aromatic heterocycles. The molecule has 0 unspecified atom stereocenters. The Hall–Kier alpha value is -1.12. The predicted octanol–water partition coefficient (Wildman–Crippen LogP) is 0.391. The molecule has 1 amide bonds. The molecule has 0 aromatic rings. The third kappa shape index (κ3) is 1.38. The summed E-state index contributed by atoms with van der Waals surface area (Å²) in [6.45, 7) is 0. The van der Waals surface area contributed by atoms with Gasteiger partial charge in [0, 0.05) is 25.8 Å². The van der Waals surface area contributed by atoms with Crippen molar-refractivity contribution in [3.8, 4) is 0 Å². The van der Waals surface area contributed by atoms with Crippen molar-refractivity contribution in [3.63, 3.8) is 0 Å². The van der Waals surface area contributed by atoms with Crippen molar-refractivity contribution in [2.45, 2.75) is 6.42 Å². The van der Waals surface area contributed by atoms with Crippen LogP contribution in [0.3, 0.4) is 0 Å². The quantitative estimate of drug-likeness (QED) is 0.459. The Balaban J connectivity index is 2.73. The van der Waals surface area contributed by atoms with E-state index in [9.17, 15) is 4.79 Å². The van der Waals surface area contributed by atoms with Gasteiger partial charge in [-0.05, 0) is 0 Å². The molecule has 0 spiro atoms. The van der Waals surface area contributed by atoms with Gasteiger partial charge in [-0.3, -0.25) is 4.79 Å². The average Bonchev–Trinajstić information content (AvgIpc) is 1.99. The van der Waals surface area contributed by atoms with Crippen molar-refractivity contribution in [1.29, 1.82) is 0 Å². The van der Waals surface area contributed by atoms with Crippen LogP contribution in [0.2, 0.25) is 0 Å². The number of rotatable bonds is 0. The molecule has 9 heavy (non-hydrogen) atoms. The summed E-state index contributed by atoms with van der Waals surface area (Å²) in [6.07, 6.45) is 5.75. The normalized spacial score (nSPS) is 18.3. The molecule has 0 saturated carbocycles. The molecule has 0 saturated heterocycles. The molecule has 0 N–H and O–H groups in total. The van der Waals surface area contributed by atoms with Crippen LogP contribution >= 0.6 is 0 Å². The molecule has 0 aromatic carbocycles. The van der Waals surface area contributed by atoms with E-state index in [4.69, 9.17) is 0 Å². The topological polar surface area (TPSA) is 32.7 Å². The van der Waals surface area contributed by atoms with Gasteiger partial charge < -0.3 is 0 Å². The summed E-state index contributed by atoms with van der Waals surface area (Å²) in [6, 6.07) is 0. The van der Waals surface area contributed by atoms with E-state index in [0.29, 0.717) is 0 Å². The van der Waals surface area contributed by atoms with Crippen molar-refractivity contribution >= 4 is 12.1 Å². The van der Waals surface area contributed by atoms with E-state index >= 15 is 0 Å².